The average Bonchev–Trinajstić information content (AvgIpc) is 3.01. The molecule has 0 radical (unpaired) electrons. The van der Waals surface area contributed by atoms with Crippen molar-refractivity contribution >= 4 is 40.4 Å². The Morgan fingerprint density at radius 3 is 2.19 bits per heavy atom. The third kappa shape index (κ3) is 3.80. The fraction of sp³-hybridized carbons (Fsp3) is 0.120. The van der Waals surface area contributed by atoms with Crippen LogP contribution in [0, 0.1) is 13.8 Å². The number of nitrogens with one attached hydrogen (secondary N) is 1. The second-order valence-corrected chi connectivity index (χ2v) is 7.71. The summed E-state index contributed by atoms with van der Waals surface area (Å²) in [5.41, 5.74) is 4.51. The summed E-state index contributed by atoms with van der Waals surface area (Å²) in [6.07, 6.45) is 0. The van der Waals surface area contributed by atoms with E-state index in [1.54, 1.807) is 55.6 Å². The SMILES string of the molecule is COc1ccc(C2=C(Nc3cccc(C)c3C)C(=O)N(c3ccc(Cl)cc3)C2=O)cc1. The Kier molecular flexibility index (Phi) is 5.53. The van der Waals surface area contributed by atoms with E-state index >= 15 is 0 Å². The molecule has 156 valence electrons. The molecule has 5 nitrogen and oxygen atoms in total. The van der Waals surface area contributed by atoms with Crippen LogP contribution < -0.4 is 15.0 Å². The largest absolute Gasteiger partial charge is 0.497 e. The number of imide groups is 1. The summed E-state index contributed by atoms with van der Waals surface area (Å²) in [5, 5.41) is 3.76. The average molecular weight is 433 g/mol. The highest BCUT2D eigenvalue weighted by Crippen LogP contribution is 2.35. The van der Waals surface area contributed by atoms with Gasteiger partial charge >= 0.3 is 0 Å². The maximum absolute atomic E-state index is 13.5. The molecular formula is C25H21ClN2O3. The van der Waals surface area contributed by atoms with Crippen molar-refractivity contribution in [2.24, 2.45) is 0 Å². The molecule has 1 aliphatic heterocycles. The third-order valence-electron chi connectivity index (χ3n) is 5.41. The lowest BCUT2D eigenvalue weighted by molar-refractivity contribution is -0.120. The maximum atomic E-state index is 13.5. The number of carbonyl (C=O) groups excluding carboxylic acids is 2. The van der Waals surface area contributed by atoms with Crippen LogP contribution in [0.5, 0.6) is 5.75 Å². The molecule has 1 N–H and O–H groups in total. The number of amides is 2. The van der Waals surface area contributed by atoms with E-state index in [1.807, 2.05) is 32.0 Å². The van der Waals surface area contributed by atoms with Gasteiger partial charge in [-0.25, -0.2) is 4.90 Å². The molecule has 3 aromatic carbocycles. The second-order valence-electron chi connectivity index (χ2n) is 7.27. The standard InChI is InChI=1S/C25H21ClN2O3/c1-15-5-4-6-21(16(15)2)27-23-22(17-7-13-20(31-3)14-8-17)24(29)28(25(23)30)19-11-9-18(26)10-12-19/h4-14,27H,1-3H3. The Hall–Kier alpha value is -3.57. The molecule has 0 unspecified atom stereocenters. The number of nitrogens with zero attached hydrogens (tertiary/aromatic N) is 1. The van der Waals surface area contributed by atoms with Crippen molar-refractivity contribution in [2.75, 3.05) is 17.3 Å². The van der Waals surface area contributed by atoms with Gasteiger partial charge in [0.05, 0.1) is 18.4 Å². The van der Waals surface area contributed by atoms with Gasteiger partial charge in [0.25, 0.3) is 11.8 Å². The Morgan fingerprint density at radius 2 is 1.55 bits per heavy atom. The quantitative estimate of drug-likeness (QED) is 0.551. The van der Waals surface area contributed by atoms with E-state index in [1.165, 1.54) is 4.90 Å². The van der Waals surface area contributed by atoms with Gasteiger partial charge in [0, 0.05) is 10.7 Å². The molecule has 6 heteroatoms. The van der Waals surface area contributed by atoms with Gasteiger partial charge in [-0.15, -0.1) is 0 Å². The van der Waals surface area contributed by atoms with Crippen LogP contribution in [0.1, 0.15) is 16.7 Å². The second kappa shape index (κ2) is 8.28. The molecule has 0 fully saturated rings. The number of ether oxygens (including phenoxy) is 1. The molecule has 0 aromatic heterocycles. The van der Waals surface area contributed by atoms with E-state index in [0.29, 0.717) is 27.6 Å². The first-order valence-corrected chi connectivity index (χ1v) is 10.1. The van der Waals surface area contributed by atoms with Crippen molar-refractivity contribution in [3.63, 3.8) is 0 Å². The minimum atomic E-state index is -0.418. The highest BCUT2D eigenvalue weighted by molar-refractivity contribution is 6.46. The Morgan fingerprint density at radius 1 is 0.871 bits per heavy atom. The molecule has 1 aliphatic rings. The molecule has 2 amide bonds. The van der Waals surface area contributed by atoms with Gasteiger partial charge < -0.3 is 10.1 Å². The summed E-state index contributed by atoms with van der Waals surface area (Å²) < 4.78 is 5.23. The molecule has 1 heterocycles. The first-order chi connectivity index (χ1) is 14.9. The number of aryl methyl sites for hydroxylation is 1. The normalized spacial score (nSPS) is 13.7. The van der Waals surface area contributed by atoms with Gasteiger partial charge in [0.2, 0.25) is 0 Å². The summed E-state index contributed by atoms with van der Waals surface area (Å²) in [4.78, 5) is 28.1. The van der Waals surface area contributed by atoms with Gasteiger partial charge in [-0.3, -0.25) is 9.59 Å². The molecule has 0 spiro atoms. The maximum Gasteiger partial charge on any atom is 0.282 e. The lowest BCUT2D eigenvalue weighted by atomic mass is 10.0. The predicted molar refractivity (Wildman–Crippen MR) is 123 cm³/mol. The number of anilines is 2. The predicted octanol–water partition coefficient (Wildman–Crippen LogP) is 5.36. The van der Waals surface area contributed by atoms with Crippen molar-refractivity contribution in [1.29, 1.82) is 0 Å². The van der Waals surface area contributed by atoms with Crippen LogP contribution in [0.25, 0.3) is 5.57 Å². The van der Waals surface area contributed by atoms with Crippen LogP contribution in [0.3, 0.4) is 0 Å². The number of hydrogen-bond donors (Lipinski definition) is 1. The van der Waals surface area contributed by atoms with Gasteiger partial charge in [0.15, 0.2) is 0 Å². The fourth-order valence-corrected chi connectivity index (χ4v) is 3.64. The lowest BCUT2D eigenvalue weighted by Gasteiger charge is -2.16. The van der Waals surface area contributed by atoms with Crippen LogP contribution in [0.15, 0.2) is 72.4 Å². The van der Waals surface area contributed by atoms with E-state index < -0.39 is 11.8 Å². The van der Waals surface area contributed by atoms with Crippen LogP contribution in [-0.2, 0) is 9.59 Å². The lowest BCUT2D eigenvalue weighted by Crippen LogP contribution is -2.32. The minimum absolute atomic E-state index is 0.235. The minimum Gasteiger partial charge on any atom is -0.497 e. The van der Waals surface area contributed by atoms with Crippen molar-refractivity contribution in [1.82, 2.24) is 0 Å². The van der Waals surface area contributed by atoms with E-state index in [2.05, 4.69) is 5.32 Å². The molecule has 0 aliphatic carbocycles. The van der Waals surface area contributed by atoms with Crippen molar-refractivity contribution in [3.05, 3.63) is 94.1 Å². The van der Waals surface area contributed by atoms with Gasteiger partial charge in [0.1, 0.15) is 11.4 Å². The molecular weight excluding hydrogens is 412 g/mol. The van der Waals surface area contributed by atoms with Crippen molar-refractivity contribution in [2.45, 2.75) is 13.8 Å². The molecule has 4 rings (SSSR count). The third-order valence-corrected chi connectivity index (χ3v) is 5.66. The van der Waals surface area contributed by atoms with Crippen LogP contribution >= 0.6 is 11.6 Å². The Labute approximate surface area is 185 Å². The van der Waals surface area contributed by atoms with Gasteiger partial charge in [-0.05, 0) is 73.0 Å². The first-order valence-electron chi connectivity index (χ1n) is 9.77. The molecule has 0 saturated carbocycles. The smallest absolute Gasteiger partial charge is 0.282 e. The number of benzene rings is 3. The zero-order valence-corrected chi connectivity index (χ0v) is 18.2. The Balaban J connectivity index is 1.83. The summed E-state index contributed by atoms with van der Waals surface area (Å²) in [6.45, 7) is 3.98. The number of carbonyl (C=O) groups is 2. The zero-order chi connectivity index (χ0) is 22.1. The summed E-state index contributed by atoms with van der Waals surface area (Å²) in [6, 6.07) is 19.5. The van der Waals surface area contributed by atoms with Crippen molar-refractivity contribution in [3.8, 4) is 5.75 Å². The highest BCUT2D eigenvalue weighted by atomic mass is 35.5. The zero-order valence-electron chi connectivity index (χ0n) is 17.4. The van der Waals surface area contributed by atoms with E-state index in [-0.39, 0.29) is 5.70 Å². The number of methoxy groups -OCH3 is 1. The highest BCUT2D eigenvalue weighted by Gasteiger charge is 2.40. The molecule has 0 bridgehead atoms. The molecule has 3 aromatic rings. The van der Waals surface area contributed by atoms with Gasteiger partial charge in [-0.1, -0.05) is 35.9 Å². The summed E-state index contributed by atoms with van der Waals surface area (Å²) in [7, 11) is 1.58. The van der Waals surface area contributed by atoms with Gasteiger partial charge in [-0.2, -0.15) is 0 Å². The van der Waals surface area contributed by atoms with Crippen LogP contribution in [0.4, 0.5) is 11.4 Å². The number of hydrogen-bond acceptors (Lipinski definition) is 4. The summed E-state index contributed by atoms with van der Waals surface area (Å²) >= 11 is 5.99. The number of halogens is 1. The molecule has 31 heavy (non-hydrogen) atoms. The fourth-order valence-electron chi connectivity index (χ4n) is 3.52. The molecule has 0 saturated heterocycles. The van der Waals surface area contributed by atoms with Crippen molar-refractivity contribution < 1.29 is 14.3 Å². The monoisotopic (exact) mass is 432 g/mol. The van der Waals surface area contributed by atoms with E-state index in [0.717, 1.165) is 16.8 Å². The summed E-state index contributed by atoms with van der Waals surface area (Å²) in [5.74, 6) is -0.149. The van der Waals surface area contributed by atoms with E-state index in [4.69, 9.17) is 16.3 Å². The first kappa shape index (κ1) is 20.7. The number of rotatable bonds is 5. The van der Waals surface area contributed by atoms with Crippen LogP contribution in [0.2, 0.25) is 5.02 Å². The Bertz CT molecular complexity index is 1200. The topological polar surface area (TPSA) is 58.6 Å². The molecule has 0 atom stereocenters. The van der Waals surface area contributed by atoms with Crippen LogP contribution in [-0.4, -0.2) is 18.9 Å². The van der Waals surface area contributed by atoms with E-state index in [9.17, 15) is 9.59 Å².